The lowest BCUT2D eigenvalue weighted by molar-refractivity contribution is -0.384. The molecule has 0 saturated carbocycles. The first-order chi connectivity index (χ1) is 16.4. The average Bonchev–Trinajstić information content (AvgIpc) is 3.49. The van der Waals surface area contributed by atoms with Gasteiger partial charge in [0.05, 0.1) is 22.4 Å². The van der Waals surface area contributed by atoms with Crippen molar-refractivity contribution in [3.05, 3.63) is 109 Å². The Labute approximate surface area is 209 Å². The molecule has 1 aliphatic rings. The molecule has 5 rings (SSSR count). The second-order valence-electron chi connectivity index (χ2n) is 8.30. The molecule has 1 atom stereocenters. The van der Waals surface area contributed by atoms with Gasteiger partial charge in [-0.1, -0.05) is 57.9 Å². The number of hydrogen-bond donors (Lipinski definition) is 0. The van der Waals surface area contributed by atoms with Gasteiger partial charge < -0.3 is 0 Å². The second kappa shape index (κ2) is 9.12. The summed E-state index contributed by atoms with van der Waals surface area (Å²) in [4.78, 5) is 15.9. The van der Waals surface area contributed by atoms with Gasteiger partial charge in [-0.2, -0.15) is 5.10 Å². The molecule has 1 unspecified atom stereocenters. The maximum absolute atomic E-state index is 11.4. The highest BCUT2D eigenvalue weighted by Gasteiger charge is 2.33. The molecule has 1 aliphatic heterocycles. The summed E-state index contributed by atoms with van der Waals surface area (Å²) in [6, 6.07) is 21.0. The highest BCUT2D eigenvalue weighted by atomic mass is 79.9. The monoisotopic (exact) mass is 532 g/mol. The van der Waals surface area contributed by atoms with Crippen LogP contribution in [0.5, 0.6) is 0 Å². The van der Waals surface area contributed by atoms with Crippen LogP contribution in [0.1, 0.15) is 34.7 Å². The van der Waals surface area contributed by atoms with E-state index in [1.165, 1.54) is 23.0 Å². The Hall–Kier alpha value is -3.36. The summed E-state index contributed by atoms with van der Waals surface area (Å²) < 4.78 is 1.01. The molecule has 34 heavy (non-hydrogen) atoms. The van der Waals surface area contributed by atoms with Crippen molar-refractivity contribution in [1.29, 1.82) is 0 Å². The zero-order valence-electron chi connectivity index (χ0n) is 18.6. The van der Waals surface area contributed by atoms with E-state index in [0.717, 1.165) is 43.3 Å². The number of benzene rings is 3. The van der Waals surface area contributed by atoms with Crippen molar-refractivity contribution in [3.8, 4) is 11.3 Å². The fraction of sp³-hybridized carbons (Fsp3) is 0.154. The molecule has 4 aromatic rings. The fourth-order valence-electron chi connectivity index (χ4n) is 4.12. The van der Waals surface area contributed by atoms with Crippen LogP contribution in [0.25, 0.3) is 11.3 Å². The maximum Gasteiger partial charge on any atom is 0.269 e. The third-order valence-corrected chi connectivity index (χ3v) is 7.27. The molecule has 0 spiro atoms. The summed E-state index contributed by atoms with van der Waals surface area (Å²) in [5.41, 5.74) is 7.20. The summed E-state index contributed by atoms with van der Waals surface area (Å²) in [5.74, 6) is 0. The maximum atomic E-state index is 11.4. The van der Waals surface area contributed by atoms with Crippen molar-refractivity contribution < 1.29 is 4.92 Å². The molecule has 6 nitrogen and oxygen atoms in total. The fourth-order valence-corrected chi connectivity index (χ4v) is 5.22. The van der Waals surface area contributed by atoms with Crippen molar-refractivity contribution in [2.75, 3.05) is 5.01 Å². The van der Waals surface area contributed by atoms with Gasteiger partial charge in [-0.25, -0.2) is 9.99 Å². The summed E-state index contributed by atoms with van der Waals surface area (Å²) in [5, 5.41) is 21.1. The predicted octanol–water partition coefficient (Wildman–Crippen LogP) is 7.45. The number of anilines is 1. The minimum absolute atomic E-state index is 0.0762. The number of halogens is 1. The Morgan fingerprint density at radius 2 is 1.88 bits per heavy atom. The van der Waals surface area contributed by atoms with Gasteiger partial charge >= 0.3 is 0 Å². The number of nitrogens with zero attached hydrogens (tertiary/aromatic N) is 4. The molecule has 0 saturated heterocycles. The molecule has 0 aliphatic carbocycles. The molecule has 2 heterocycles. The van der Waals surface area contributed by atoms with Gasteiger partial charge in [-0.05, 0) is 43.2 Å². The summed E-state index contributed by atoms with van der Waals surface area (Å²) >= 11 is 5.00. The lowest BCUT2D eigenvalue weighted by Gasteiger charge is -2.21. The zero-order valence-corrected chi connectivity index (χ0v) is 21.0. The van der Waals surface area contributed by atoms with E-state index < -0.39 is 0 Å². The van der Waals surface area contributed by atoms with Gasteiger partial charge in [-0.3, -0.25) is 10.1 Å². The van der Waals surface area contributed by atoms with Gasteiger partial charge in [-0.15, -0.1) is 11.3 Å². The number of hydrogen-bond acceptors (Lipinski definition) is 6. The number of rotatable bonds is 5. The summed E-state index contributed by atoms with van der Waals surface area (Å²) in [6.07, 6.45) is 0.638. The van der Waals surface area contributed by atoms with Crippen molar-refractivity contribution >= 4 is 43.8 Å². The minimum Gasteiger partial charge on any atom is -0.258 e. The SMILES string of the molecule is Cc1ccc(C)c(C2=NN(c3nc(-c4ccc(Br)cc4)cs3)C(c3cccc([N+](=O)[O-])c3)C2)c1. The van der Waals surface area contributed by atoms with Gasteiger partial charge in [0.25, 0.3) is 5.69 Å². The molecule has 0 amide bonds. The van der Waals surface area contributed by atoms with E-state index in [1.807, 2.05) is 40.7 Å². The molecule has 0 radical (unpaired) electrons. The van der Waals surface area contributed by atoms with Gasteiger partial charge in [0.2, 0.25) is 5.13 Å². The second-order valence-corrected chi connectivity index (χ2v) is 10.1. The third-order valence-electron chi connectivity index (χ3n) is 5.91. The van der Waals surface area contributed by atoms with Crippen LogP contribution in [0, 0.1) is 24.0 Å². The quantitative estimate of drug-likeness (QED) is 0.197. The molecule has 0 N–H and O–H groups in total. The number of aromatic nitrogens is 1. The van der Waals surface area contributed by atoms with Crippen LogP contribution in [-0.4, -0.2) is 15.6 Å². The van der Waals surface area contributed by atoms with Crippen LogP contribution >= 0.6 is 27.3 Å². The van der Waals surface area contributed by atoms with Gasteiger partial charge in [0, 0.05) is 39.5 Å². The molecule has 8 heteroatoms. The van der Waals surface area contributed by atoms with Crippen molar-refractivity contribution in [2.24, 2.45) is 5.10 Å². The number of nitro groups is 1. The van der Waals surface area contributed by atoms with E-state index in [2.05, 4.69) is 48.0 Å². The van der Waals surface area contributed by atoms with E-state index in [4.69, 9.17) is 10.1 Å². The average molecular weight is 533 g/mol. The molecule has 0 fully saturated rings. The molecule has 170 valence electrons. The highest BCUT2D eigenvalue weighted by Crippen LogP contribution is 2.40. The Balaban J connectivity index is 1.57. The van der Waals surface area contributed by atoms with E-state index in [-0.39, 0.29) is 16.7 Å². The Morgan fingerprint density at radius 3 is 2.65 bits per heavy atom. The van der Waals surface area contributed by atoms with Crippen LogP contribution in [0.15, 0.2) is 81.7 Å². The molecule has 1 aromatic heterocycles. The Kier molecular flexibility index (Phi) is 6.02. The van der Waals surface area contributed by atoms with Crippen LogP contribution in [0.2, 0.25) is 0 Å². The number of aryl methyl sites for hydroxylation is 2. The molecular formula is C26H21BrN4O2S. The topological polar surface area (TPSA) is 71.6 Å². The first-order valence-electron chi connectivity index (χ1n) is 10.8. The summed E-state index contributed by atoms with van der Waals surface area (Å²) in [7, 11) is 0. The highest BCUT2D eigenvalue weighted by molar-refractivity contribution is 9.10. The lowest BCUT2D eigenvalue weighted by Crippen LogP contribution is -2.18. The van der Waals surface area contributed by atoms with Crippen LogP contribution in [0.4, 0.5) is 10.8 Å². The summed E-state index contributed by atoms with van der Waals surface area (Å²) in [6.45, 7) is 4.15. The van der Waals surface area contributed by atoms with E-state index >= 15 is 0 Å². The van der Waals surface area contributed by atoms with Gasteiger partial charge in [0.15, 0.2) is 0 Å². The van der Waals surface area contributed by atoms with Crippen molar-refractivity contribution in [2.45, 2.75) is 26.3 Å². The predicted molar refractivity (Wildman–Crippen MR) is 141 cm³/mol. The first kappa shape index (κ1) is 22.4. The van der Waals surface area contributed by atoms with Crippen LogP contribution in [0.3, 0.4) is 0 Å². The lowest BCUT2D eigenvalue weighted by atomic mass is 9.95. The number of nitro benzene ring substituents is 1. The Morgan fingerprint density at radius 1 is 1.09 bits per heavy atom. The number of thiazole rings is 1. The Bertz CT molecular complexity index is 1410. The standard InChI is InChI=1S/C26H21BrN4O2S/c1-16-6-7-17(2)22(12-16)23-14-25(19-4-3-5-21(13-19)31(32)33)30(29-23)26-28-24(15-34-26)18-8-10-20(27)11-9-18/h3-13,15,25H,14H2,1-2H3. The third kappa shape index (κ3) is 4.38. The van der Waals surface area contributed by atoms with Crippen molar-refractivity contribution in [3.63, 3.8) is 0 Å². The minimum atomic E-state index is -0.357. The molecular weight excluding hydrogens is 512 g/mol. The zero-order chi connectivity index (χ0) is 23.8. The normalized spacial score (nSPS) is 15.4. The molecule has 3 aromatic carbocycles. The van der Waals surface area contributed by atoms with Gasteiger partial charge in [0.1, 0.15) is 0 Å². The van der Waals surface area contributed by atoms with E-state index in [9.17, 15) is 10.1 Å². The smallest absolute Gasteiger partial charge is 0.258 e. The largest absolute Gasteiger partial charge is 0.269 e. The molecule has 0 bridgehead atoms. The van der Waals surface area contributed by atoms with Crippen molar-refractivity contribution in [1.82, 2.24) is 4.98 Å². The van der Waals surface area contributed by atoms with E-state index in [0.29, 0.717) is 6.42 Å². The van der Waals surface area contributed by atoms with Crippen LogP contribution < -0.4 is 5.01 Å². The van der Waals surface area contributed by atoms with Crippen LogP contribution in [-0.2, 0) is 0 Å². The first-order valence-corrected chi connectivity index (χ1v) is 12.5. The number of hydrazone groups is 1. The number of non-ortho nitro benzene ring substituents is 1. The van der Waals surface area contributed by atoms with E-state index in [1.54, 1.807) is 12.1 Å².